The molecular formula is C34H43N7O5. The SMILES string of the molecule is C=C1CCC2[C@](C)(CC[C@@H](O)[C@@]2(C)CO)C1CC(NC(C)C(=O)NC1=NCC=N1)C1=C/C(=C\c2cnc3c(c2)ncn3C)OC1=O. The molecule has 4 heterocycles. The molecule has 12 heteroatoms. The second-order valence-corrected chi connectivity index (χ2v) is 13.7. The number of imidazole rings is 1. The molecule has 2 aromatic rings. The molecule has 2 saturated carbocycles. The molecule has 2 aromatic heterocycles. The maximum atomic E-state index is 13.5. The van der Waals surface area contributed by atoms with Crippen molar-refractivity contribution < 1.29 is 24.5 Å². The summed E-state index contributed by atoms with van der Waals surface area (Å²) in [6, 6.07) is 0.625. The molecule has 12 nitrogen and oxygen atoms in total. The molecule has 0 bridgehead atoms. The number of cyclic esters (lactones) is 1. The quantitative estimate of drug-likeness (QED) is 0.256. The number of aliphatic imine (C=N–C) groups is 2. The molecule has 2 fully saturated rings. The van der Waals surface area contributed by atoms with Crippen LogP contribution in [0.25, 0.3) is 17.2 Å². The maximum Gasteiger partial charge on any atom is 0.341 e. The summed E-state index contributed by atoms with van der Waals surface area (Å²) in [5.74, 6) is -0.165. The Bertz CT molecular complexity index is 1690. The third kappa shape index (κ3) is 5.73. The van der Waals surface area contributed by atoms with Gasteiger partial charge < -0.3 is 19.5 Å². The minimum atomic E-state index is -0.697. The van der Waals surface area contributed by atoms with Crippen molar-refractivity contribution in [3.8, 4) is 0 Å². The van der Waals surface area contributed by atoms with Gasteiger partial charge in [-0.2, -0.15) is 0 Å². The first-order valence-corrected chi connectivity index (χ1v) is 16.0. The summed E-state index contributed by atoms with van der Waals surface area (Å²) in [6.45, 7) is 10.7. The standard InChI is InChI=1S/C34H43N7O5/c1-19-6-7-27-33(3,9-8-28(43)34(27,4)17-42)24(19)15-25(39-20(2)30(44)40-32-35-10-11-36-32)23-14-22(46-31(23)45)12-21-13-26-29(37-16-21)41(5)18-38-26/h10,12-14,16,18,20,24-25,27-28,39,42-43H,1,6-9,11,15,17H2,2-5H3,(H,36,40,44)/b22-12+/t20?,24?,25?,27?,28-,33-,34+/m1/s1. The number of aliphatic hydroxyl groups is 2. The lowest BCUT2D eigenvalue weighted by atomic mass is 9.46. The van der Waals surface area contributed by atoms with Gasteiger partial charge >= 0.3 is 5.97 Å². The van der Waals surface area contributed by atoms with E-state index in [9.17, 15) is 19.8 Å². The van der Waals surface area contributed by atoms with E-state index in [1.165, 1.54) is 0 Å². The van der Waals surface area contributed by atoms with E-state index in [1.807, 2.05) is 24.6 Å². The molecular weight excluding hydrogens is 586 g/mol. The van der Waals surface area contributed by atoms with Gasteiger partial charge in [-0.3, -0.25) is 15.4 Å². The molecule has 4 unspecified atom stereocenters. The van der Waals surface area contributed by atoms with E-state index in [0.29, 0.717) is 30.7 Å². The number of aliphatic hydroxyl groups excluding tert-OH is 2. The molecule has 0 saturated heterocycles. The van der Waals surface area contributed by atoms with Crippen molar-refractivity contribution in [3.63, 3.8) is 0 Å². The number of hydrogen-bond acceptors (Lipinski definition) is 10. The van der Waals surface area contributed by atoms with Gasteiger partial charge in [0.2, 0.25) is 11.9 Å². The number of pyridine rings is 1. The van der Waals surface area contributed by atoms with Gasteiger partial charge in [-0.25, -0.2) is 24.7 Å². The van der Waals surface area contributed by atoms with Gasteiger partial charge in [0, 0.05) is 30.9 Å². The van der Waals surface area contributed by atoms with Crippen LogP contribution >= 0.6 is 0 Å². The van der Waals surface area contributed by atoms with Gasteiger partial charge in [0.15, 0.2) is 5.65 Å². The maximum absolute atomic E-state index is 13.5. The summed E-state index contributed by atoms with van der Waals surface area (Å²) < 4.78 is 7.58. The fourth-order valence-electron chi connectivity index (χ4n) is 8.12. The third-order valence-corrected chi connectivity index (χ3v) is 10.8. The normalized spacial score (nSPS) is 31.4. The molecule has 244 valence electrons. The highest BCUT2D eigenvalue weighted by atomic mass is 16.5. The molecule has 2 aliphatic heterocycles. The van der Waals surface area contributed by atoms with Crippen molar-refractivity contribution in [1.82, 2.24) is 25.2 Å². The number of ether oxygens (including phenoxy) is 1. The van der Waals surface area contributed by atoms with Crippen LogP contribution < -0.4 is 10.6 Å². The zero-order valence-corrected chi connectivity index (χ0v) is 26.9. The third-order valence-electron chi connectivity index (χ3n) is 10.8. The Morgan fingerprint density at radius 2 is 2.11 bits per heavy atom. The summed E-state index contributed by atoms with van der Waals surface area (Å²) >= 11 is 0. The Kier molecular flexibility index (Phi) is 8.55. The van der Waals surface area contributed by atoms with Gasteiger partial charge in [0.25, 0.3) is 0 Å². The fraction of sp³-hybridized carbons (Fsp3) is 0.529. The molecule has 4 aliphatic rings. The molecule has 0 radical (unpaired) electrons. The molecule has 0 spiro atoms. The zero-order valence-electron chi connectivity index (χ0n) is 26.9. The monoisotopic (exact) mass is 629 g/mol. The number of carbonyl (C=O) groups excluding carboxylic acids is 2. The molecule has 46 heavy (non-hydrogen) atoms. The Balaban J connectivity index is 1.32. The molecule has 6 rings (SSSR count). The second-order valence-electron chi connectivity index (χ2n) is 13.7. The largest absolute Gasteiger partial charge is 0.423 e. The van der Waals surface area contributed by atoms with Crippen molar-refractivity contribution in [2.45, 2.75) is 71.1 Å². The Hall–Kier alpha value is -4.00. The number of aryl methyl sites for hydroxylation is 1. The lowest BCUT2D eigenvalue weighted by Gasteiger charge is -2.60. The van der Waals surface area contributed by atoms with Crippen LogP contribution in [0.1, 0.15) is 58.4 Å². The van der Waals surface area contributed by atoms with Crippen LogP contribution in [0.5, 0.6) is 0 Å². The van der Waals surface area contributed by atoms with Crippen molar-refractivity contribution >= 4 is 41.3 Å². The highest BCUT2D eigenvalue weighted by Crippen LogP contribution is 2.62. The molecule has 7 atom stereocenters. The topological polar surface area (TPSA) is 163 Å². The van der Waals surface area contributed by atoms with Gasteiger partial charge in [-0.05, 0) is 80.1 Å². The average molecular weight is 630 g/mol. The van der Waals surface area contributed by atoms with Crippen LogP contribution in [0.2, 0.25) is 0 Å². The average Bonchev–Trinajstić information content (AvgIpc) is 3.77. The van der Waals surface area contributed by atoms with E-state index in [4.69, 9.17) is 4.74 Å². The van der Waals surface area contributed by atoms with Gasteiger partial charge in [-0.15, -0.1) is 0 Å². The molecule has 1 amide bonds. The first-order chi connectivity index (χ1) is 21.9. The number of nitrogens with zero attached hydrogens (tertiary/aromatic N) is 5. The predicted octanol–water partition coefficient (Wildman–Crippen LogP) is 2.83. The first-order valence-electron chi connectivity index (χ1n) is 16.0. The van der Waals surface area contributed by atoms with Crippen LogP contribution in [0.4, 0.5) is 0 Å². The smallest absolute Gasteiger partial charge is 0.341 e. The number of esters is 1. The van der Waals surface area contributed by atoms with Crippen molar-refractivity contribution in [1.29, 1.82) is 0 Å². The highest BCUT2D eigenvalue weighted by molar-refractivity contribution is 6.04. The van der Waals surface area contributed by atoms with E-state index >= 15 is 0 Å². The summed E-state index contributed by atoms with van der Waals surface area (Å²) in [6.07, 6.45) is 11.3. The van der Waals surface area contributed by atoms with E-state index < -0.39 is 29.6 Å². The van der Waals surface area contributed by atoms with Crippen molar-refractivity contribution in [2.24, 2.45) is 39.7 Å². The number of rotatable bonds is 8. The zero-order chi connectivity index (χ0) is 32.8. The summed E-state index contributed by atoms with van der Waals surface area (Å²) in [7, 11) is 1.88. The van der Waals surface area contributed by atoms with E-state index in [-0.39, 0.29) is 35.7 Å². The number of aromatic nitrogens is 3. The predicted molar refractivity (Wildman–Crippen MR) is 174 cm³/mol. The number of guanidine groups is 1. The van der Waals surface area contributed by atoms with E-state index in [2.05, 4.69) is 44.1 Å². The van der Waals surface area contributed by atoms with Crippen LogP contribution in [-0.2, 0) is 21.4 Å². The van der Waals surface area contributed by atoms with E-state index in [0.717, 1.165) is 41.6 Å². The second kappa shape index (κ2) is 12.3. The minimum Gasteiger partial charge on any atom is -0.423 e. The van der Waals surface area contributed by atoms with E-state index in [1.54, 1.807) is 37.8 Å². The van der Waals surface area contributed by atoms with Crippen LogP contribution in [0.3, 0.4) is 0 Å². The van der Waals surface area contributed by atoms with Crippen LogP contribution in [0, 0.1) is 22.7 Å². The number of nitrogens with one attached hydrogen (secondary N) is 2. The Labute approximate surface area is 268 Å². The molecule has 0 aromatic carbocycles. The summed E-state index contributed by atoms with van der Waals surface area (Å²) in [4.78, 5) is 43.8. The highest BCUT2D eigenvalue weighted by Gasteiger charge is 2.58. The van der Waals surface area contributed by atoms with Crippen LogP contribution in [-0.4, -0.2) is 80.1 Å². The Morgan fingerprint density at radius 1 is 1.30 bits per heavy atom. The number of hydrogen-bond donors (Lipinski definition) is 4. The lowest BCUT2D eigenvalue weighted by Crippen LogP contribution is -2.58. The molecule has 2 aliphatic carbocycles. The summed E-state index contributed by atoms with van der Waals surface area (Å²) in [5.41, 5.74) is 2.78. The molecule has 4 N–H and O–H groups in total. The first kappa shape index (κ1) is 32.0. The number of amides is 1. The fourth-order valence-corrected chi connectivity index (χ4v) is 8.12. The number of fused-ring (bicyclic) bond motifs is 2. The van der Waals surface area contributed by atoms with Gasteiger partial charge in [0.1, 0.15) is 11.3 Å². The van der Waals surface area contributed by atoms with Gasteiger partial charge in [0.05, 0.1) is 37.2 Å². The van der Waals surface area contributed by atoms with Crippen molar-refractivity contribution in [3.05, 3.63) is 53.7 Å². The summed E-state index contributed by atoms with van der Waals surface area (Å²) in [5, 5.41) is 27.6. The Morgan fingerprint density at radius 3 is 2.85 bits per heavy atom. The lowest BCUT2D eigenvalue weighted by molar-refractivity contribution is -0.153. The minimum absolute atomic E-state index is 0.0429. The number of carbonyl (C=O) groups is 2. The number of allylic oxidation sites excluding steroid dienone is 2. The van der Waals surface area contributed by atoms with Crippen molar-refractivity contribution in [2.75, 3.05) is 13.2 Å². The van der Waals surface area contributed by atoms with Crippen LogP contribution in [0.15, 0.2) is 58.1 Å². The van der Waals surface area contributed by atoms with Gasteiger partial charge in [-0.1, -0.05) is 26.0 Å².